The van der Waals surface area contributed by atoms with Gasteiger partial charge in [-0.25, -0.2) is 4.79 Å². The van der Waals surface area contributed by atoms with E-state index in [2.05, 4.69) is 38.3 Å². The van der Waals surface area contributed by atoms with Gasteiger partial charge in [0.15, 0.2) is 0 Å². The van der Waals surface area contributed by atoms with Crippen molar-refractivity contribution in [1.29, 1.82) is 0 Å². The van der Waals surface area contributed by atoms with Gasteiger partial charge in [0.2, 0.25) is 0 Å². The molecule has 2 unspecified atom stereocenters. The van der Waals surface area contributed by atoms with Crippen LogP contribution < -0.4 is 10.6 Å². The summed E-state index contributed by atoms with van der Waals surface area (Å²) < 4.78 is 0. The number of carbonyl (C=O) groups excluding carboxylic acids is 1. The Morgan fingerprint density at radius 3 is 2.19 bits per heavy atom. The van der Waals surface area contributed by atoms with Crippen molar-refractivity contribution in [2.24, 2.45) is 17.8 Å². The maximum atomic E-state index is 11.8. The van der Waals surface area contributed by atoms with Crippen LogP contribution in [0, 0.1) is 17.8 Å². The fraction of sp³-hybridized carbons (Fsp3) is 0.875. The predicted octanol–water partition coefficient (Wildman–Crippen LogP) is 3.25. The summed E-state index contributed by atoms with van der Waals surface area (Å²) in [5, 5.41) is 14.6. The number of aliphatic carboxylic acids is 1. The molecule has 3 N–H and O–H groups in total. The lowest BCUT2D eigenvalue weighted by molar-refractivity contribution is -0.138. The maximum absolute atomic E-state index is 11.8. The van der Waals surface area contributed by atoms with E-state index in [-0.39, 0.29) is 24.4 Å². The molecule has 0 aliphatic carbocycles. The molecule has 0 radical (unpaired) electrons. The fourth-order valence-corrected chi connectivity index (χ4v) is 2.49. The largest absolute Gasteiger partial charge is 0.481 e. The van der Waals surface area contributed by atoms with Crippen LogP contribution in [-0.4, -0.2) is 29.7 Å². The number of hydrogen-bond acceptors (Lipinski definition) is 2. The van der Waals surface area contributed by atoms with Crippen LogP contribution in [0.2, 0.25) is 0 Å². The topological polar surface area (TPSA) is 78.4 Å². The highest BCUT2D eigenvalue weighted by molar-refractivity contribution is 5.74. The number of urea groups is 1. The van der Waals surface area contributed by atoms with Crippen molar-refractivity contribution in [2.75, 3.05) is 6.54 Å². The Balaban J connectivity index is 4.14. The van der Waals surface area contributed by atoms with Crippen molar-refractivity contribution in [2.45, 2.75) is 66.3 Å². The van der Waals surface area contributed by atoms with Gasteiger partial charge >= 0.3 is 12.0 Å². The number of carboxylic acid groups (broad SMARTS) is 1. The van der Waals surface area contributed by atoms with E-state index in [9.17, 15) is 9.59 Å². The fourth-order valence-electron chi connectivity index (χ4n) is 2.49. The van der Waals surface area contributed by atoms with Crippen LogP contribution in [0.4, 0.5) is 4.79 Å². The smallest absolute Gasteiger partial charge is 0.315 e. The Morgan fingerprint density at radius 2 is 1.71 bits per heavy atom. The molecular formula is C16H32N2O3. The van der Waals surface area contributed by atoms with E-state index in [1.54, 1.807) is 0 Å². The average molecular weight is 300 g/mol. The number of carbonyl (C=O) groups is 2. The Bertz CT molecular complexity index is 319. The highest BCUT2D eigenvalue weighted by Gasteiger charge is 2.17. The zero-order chi connectivity index (χ0) is 16.4. The van der Waals surface area contributed by atoms with Crippen molar-refractivity contribution in [1.82, 2.24) is 10.6 Å². The van der Waals surface area contributed by atoms with Crippen LogP contribution in [0.1, 0.15) is 60.3 Å². The molecule has 0 spiro atoms. The maximum Gasteiger partial charge on any atom is 0.315 e. The summed E-state index contributed by atoms with van der Waals surface area (Å²) in [6.07, 6.45) is 2.95. The molecule has 3 atom stereocenters. The summed E-state index contributed by atoms with van der Waals surface area (Å²) in [6.45, 7) is 10.8. The lowest BCUT2D eigenvalue weighted by atomic mass is 9.94. The van der Waals surface area contributed by atoms with Crippen molar-refractivity contribution in [3.8, 4) is 0 Å². The molecule has 0 aromatic rings. The van der Waals surface area contributed by atoms with Gasteiger partial charge in [-0.05, 0) is 37.5 Å². The van der Waals surface area contributed by atoms with Crippen molar-refractivity contribution in [3.05, 3.63) is 0 Å². The Morgan fingerprint density at radius 1 is 1.10 bits per heavy atom. The molecular weight excluding hydrogens is 268 g/mol. The molecule has 0 aromatic heterocycles. The Hall–Kier alpha value is -1.26. The number of carboxylic acids is 1. The van der Waals surface area contributed by atoms with E-state index in [1.165, 1.54) is 0 Å². The second-order valence-corrected chi connectivity index (χ2v) is 6.60. The summed E-state index contributed by atoms with van der Waals surface area (Å²) in [5.74, 6) is 0.177. The zero-order valence-electron chi connectivity index (χ0n) is 14.1. The SMILES string of the molecule is CCC(C)CC(C)NC(=O)NC[C@H](CC(=O)O)CC(C)C. The van der Waals surface area contributed by atoms with Gasteiger partial charge in [-0.2, -0.15) is 0 Å². The monoisotopic (exact) mass is 300 g/mol. The molecule has 0 aliphatic heterocycles. The molecule has 5 nitrogen and oxygen atoms in total. The molecule has 124 valence electrons. The van der Waals surface area contributed by atoms with E-state index in [4.69, 9.17) is 5.11 Å². The van der Waals surface area contributed by atoms with Crippen LogP contribution in [0.15, 0.2) is 0 Å². The lowest BCUT2D eigenvalue weighted by Crippen LogP contribution is -2.43. The lowest BCUT2D eigenvalue weighted by Gasteiger charge is -2.20. The highest BCUT2D eigenvalue weighted by atomic mass is 16.4. The van der Waals surface area contributed by atoms with E-state index < -0.39 is 5.97 Å². The van der Waals surface area contributed by atoms with Crippen LogP contribution in [0.5, 0.6) is 0 Å². The van der Waals surface area contributed by atoms with Crippen LogP contribution in [-0.2, 0) is 4.79 Å². The molecule has 0 bridgehead atoms. The van der Waals surface area contributed by atoms with Crippen LogP contribution in [0.3, 0.4) is 0 Å². The first-order valence-electron chi connectivity index (χ1n) is 8.00. The molecule has 2 amide bonds. The van der Waals surface area contributed by atoms with Crippen LogP contribution >= 0.6 is 0 Å². The van der Waals surface area contributed by atoms with Gasteiger partial charge in [-0.3, -0.25) is 4.79 Å². The normalized spacial score (nSPS) is 15.3. The predicted molar refractivity (Wildman–Crippen MR) is 85.3 cm³/mol. The van der Waals surface area contributed by atoms with E-state index >= 15 is 0 Å². The first kappa shape index (κ1) is 19.7. The number of nitrogens with one attached hydrogen (secondary N) is 2. The Kier molecular flexibility index (Phi) is 9.84. The minimum absolute atomic E-state index is 0.0156. The molecule has 21 heavy (non-hydrogen) atoms. The highest BCUT2D eigenvalue weighted by Crippen LogP contribution is 2.14. The zero-order valence-corrected chi connectivity index (χ0v) is 14.1. The van der Waals surface area contributed by atoms with Crippen molar-refractivity contribution >= 4 is 12.0 Å². The van der Waals surface area contributed by atoms with E-state index in [0.717, 1.165) is 19.3 Å². The first-order valence-corrected chi connectivity index (χ1v) is 8.00. The van der Waals surface area contributed by atoms with Gasteiger partial charge in [0.05, 0.1) is 0 Å². The number of amides is 2. The summed E-state index contributed by atoms with van der Waals surface area (Å²) in [4.78, 5) is 22.7. The van der Waals surface area contributed by atoms with E-state index in [0.29, 0.717) is 18.4 Å². The molecule has 0 saturated carbocycles. The number of hydrogen-bond donors (Lipinski definition) is 3. The van der Waals surface area contributed by atoms with Gasteiger partial charge in [0.1, 0.15) is 0 Å². The van der Waals surface area contributed by atoms with E-state index in [1.807, 2.05) is 6.92 Å². The second-order valence-electron chi connectivity index (χ2n) is 6.60. The molecule has 5 heteroatoms. The molecule has 0 aromatic carbocycles. The first-order chi connectivity index (χ1) is 9.74. The minimum Gasteiger partial charge on any atom is -0.481 e. The van der Waals surface area contributed by atoms with Gasteiger partial charge < -0.3 is 15.7 Å². The van der Waals surface area contributed by atoms with Gasteiger partial charge in [-0.15, -0.1) is 0 Å². The summed E-state index contributed by atoms with van der Waals surface area (Å²) in [6, 6.07) is -0.0760. The molecule has 0 rings (SSSR count). The Labute approximate surface area is 128 Å². The molecule has 0 fully saturated rings. The molecule has 0 saturated heterocycles. The third-order valence-electron chi connectivity index (χ3n) is 3.65. The molecule has 0 aliphatic rings. The molecule has 0 heterocycles. The third-order valence-corrected chi connectivity index (χ3v) is 3.65. The van der Waals surface area contributed by atoms with Gasteiger partial charge in [-0.1, -0.05) is 34.1 Å². The average Bonchev–Trinajstić information content (AvgIpc) is 2.34. The van der Waals surface area contributed by atoms with Crippen LogP contribution in [0.25, 0.3) is 0 Å². The van der Waals surface area contributed by atoms with Crippen molar-refractivity contribution in [3.63, 3.8) is 0 Å². The number of rotatable bonds is 10. The third kappa shape index (κ3) is 11.1. The summed E-state index contributed by atoms with van der Waals surface area (Å²) >= 11 is 0. The second kappa shape index (κ2) is 10.5. The van der Waals surface area contributed by atoms with Gasteiger partial charge in [0.25, 0.3) is 0 Å². The summed E-state index contributed by atoms with van der Waals surface area (Å²) in [7, 11) is 0. The van der Waals surface area contributed by atoms with Gasteiger partial charge in [0, 0.05) is 19.0 Å². The standard InChI is InChI=1S/C16H32N2O3/c1-6-12(4)8-13(5)18-16(21)17-10-14(7-11(2)3)9-15(19)20/h11-14H,6-10H2,1-5H3,(H,19,20)(H2,17,18,21)/t12?,13?,14-/m0/s1. The quantitative estimate of drug-likeness (QED) is 0.579. The summed E-state index contributed by atoms with van der Waals surface area (Å²) in [5.41, 5.74) is 0. The minimum atomic E-state index is -0.812. The van der Waals surface area contributed by atoms with Crippen molar-refractivity contribution < 1.29 is 14.7 Å².